The van der Waals surface area contributed by atoms with Gasteiger partial charge in [-0.25, -0.2) is 0 Å². The molecule has 90 valence electrons. The third kappa shape index (κ3) is 3.15. The Morgan fingerprint density at radius 3 is 2.94 bits per heavy atom. The number of nitrogens with one attached hydrogen (secondary N) is 1. The van der Waals surface area contributed by atoms with Crippen molar-refractivity contribution in [1.82, 2.24) is 4.98 Å². The minimum Gasteiger partial charge on any atom is -0.382 e. The first kappa shape index (κ1) is 11.8. The van der Waals surface area contributed by atoms with Gasteiger partial charge in [0.25, 0.3) is 0 Å². The topological polar surface area (TPSA) is 60.2 Å². The first-order valence-corrected chi connectivity index (χ1v) is 5.77. The summed E-state index contributed by atoms with van der Waals surface area (Å²) in [5.74, 6) is 0. The van der Waals surface area contributed by atoms with Gasteiger partial charge in [0.05, 0.1) is 18.7 Å². The molecule has 0 saturated carbocycles. The Kier molecular flexibility index (Phi) is 4.30. The summed E-state index contributed by atoms with van der Waals surface area (Å²) >= 11 is 0. The molecule has 2 aromatic rings. The average Bonchev–Trinajstić information content (AvgIpc) is 2.39. The van der Waals surface area contributed by atoms with Gasteiger partial charge in [0.2, 0.25) is 0 Å². The van der Waals surface area contributed by atoms with Gasteiger partial charge in [-0.15, -0.1) is 0 Å². The van der Waals surface area contributed by atoms with Gasteiger partial charge in [-0.1, -0.05) is 18.2 Å². The van der Waals surface area contributed by atoms with E-state index in [0.29, 0.717) is 19.8 Å². The Morgan fingerprint density at radius 2 is 2.06 bits per heavy atom. The highest BCUT2D eigenvalue weighted by Gasteiger charge is 1.99. The lowest BCUT2D eigenvalue weighted by Gasteiger charge is -2.09. The van der Waals surface area contributed by atoms with Crippen LogP contribution in [0.3, 0.4) is 0 Å². The monoisotopic (exact) mass is 231 g/mol. The van der Waals surface area contributed by atoms with E-state index in [9.17, 15) is 0 Å². The highest BCUT2D eigenvalue weighted by Crippen LogP contribution is 2.20. The number of fused-ring (bicyclic) bond motifs is 1. The molecule has 3 N–H and O–H groups in total. The summed E-state index contributed by atoms with van der Waals surface area (Å²) in [6.45, 7) is 2.61. The predicted octanol–water partition coefficient (Wildman–Crippen LogP) is 1.62. The number of aromatic nitrogens is 1. The van der Waals surface area contributed by atoms with Crippen molar-refractivity contribution >= 4 is 16.6 Å². The Bertz CT molecular complexity index is 468. The van der Waals surface area contributed by atoms with E-state index >= 15 is 0 Å². The molecule has 17 heavy (non-hydrogen) atoms. The number of pyridine rings is 1. The lowest BCUT2D eigenvalue weighted by Crippen LogP contribution is -2.14. The molecule has 4 nitrogen and oxygen atoms in total. The van der Waals surface area contributed by atoms with E-state index < -0.39 is 0 Å². The third-order valence-electron chi connectivity index (χ3n) is 2.47. The van der Waals surface area contributed by atoms with Gasteiger partial charge < -0.3 is 15.8 Å². The average molecular weight is 231 g/mol. The molecule has 0 fully saturated rings. The Balaban J connectivity index is 1.98. The van der Waals surface area contributed by atoms with Crippen LogP contribution in [0.2, 0.25) is 0 Å². The summed E-state index contributed by atoms with van der Waals surface area (Å²) in [7, 11) is 0. The zero-order chi connectivity index (χ0) is 11.9. The Hall–Kier alpha value is -1.65. The molecule has 1 heterocycles. The SMILES string of the molecule is NCCOCCNc1ccnc2ccccc12. The summed E-state index contributed by atoms with van der Waals surface area (Å²) in [4.78, 5) is 4.31. The molecule has 0 unspecified atom stereocenters. The molecule has 0 aliphatic heterocycles. The largest absolute Gasteiger partial charge is 0.382 e. The molecule has 0 amide bonds. The second kappa shape index (κ2) is 6.18. The molecule has 0 atom stereocenters. The van der Waals surface area contributed by atoms with Crippen LogP contribution in [-0.4, -0.2) is 31.3 Å². The van der Waals surface area contributed by atoms with Gasteiger partial charge in [0.1, 0.15) is 0 Å². The molecular weight excluding hydrogens is 214 g/mol. The summed E-state index contributed by atoms with van der Waals surface area (Å²) in [6.07, 6.45) is 1.81. The highest BCUT2D eigenvalue weighted by molar-refractivity contribution is 5.90. The van der Waals surface area contributed by atoms with Crippen molar-refractivity contribution in [3.63, 3.8) is 0 Å². The zero-order valence-electron chi connectivity index (χ0n) is 9.73. The van der Waals surface area contributed by atoms with Crippen molar-refractivity contribution in [2.24, 2.45) is 5.73 Å². The van der Waals surface area contributed by atoms with Gasteiger partial charge >= 0.3 is 0 Å². The van der Waals surface area contributed by atoms with Crippen molar-refractivity contribution in [3.8, 4) is 0 Å². The van der Waals surface area contributed by atoms with Crippen LogP contribution >= 0.6 is 0 Å². The molecule has 2 rings (SSSR count). The molecule has 4 heteroatoms. The summed E-state index contributed by atoms with van der Waals surface area (Å²) in [5.41, 5.74) is 7.43. The lowest BCUT2D eigenvalue weighted by atomic mass is 10.2. The minimum atomic E-state index is 0.568. The van der Waals surface area contributed by atoms with Crippen LogP contribution in [0.1, 0.15) is 0 Å². The maximum Gasteiger partial charge on any atom is 0.0722 e. The van der Waals surface area contributed by atoms with E-state index in [0.717, 1.165) is 23.1 Å². The summed E-state index contributed by atoms with van der Waals surface area (Å²) in [6, 6.07) is 10.0. The van der Waals surface area contributed by atoms with Crippen LogP contribution in [0.25, 0.3) is 10.9 Å². The van der Waals surface area contributed by atoms with Crippen LogP contribution in [-0.2, 0) is 4.74 Å². The standard InChI is InChI=1S/C13H17N3O/c14-6-9-17-10-8-16-13-5-7-15-12-4-2-1-3-11(12)13/h1-5,7H,6,8-10,14H2,(H,15,16). The van der Waals surface area contributed by atoms with Gasteiger partial charge in [-0.3, -0.25) is 4.98 Å². The summed E-state index contributed by atoms with van der Waals surface area (Å²) in [5, 5.41) is 4.47. The van der Waals surface area contributed by atoms with Crippen LogP contribution in [0.5, 0.6) is 0 Å². The van der Waals surface area contributed by atoms with E-state index in [1.54, 1.807) is 0 Å². The van der Waals surface area contributed by atoms with E-state index in [1.165, 1.54) is 0 Å². The van der Waals surface area contributed by atoms with Crippen molar-refractivity contribution in [2.45, 2.75) is 0 Å². The number of hydrogen-bond acceptors (Lipinski definition) is 4. The van der Waals surface area contributed by atoms with Crippen LogP contribution in [0.15, 0.2) is 36.5 Å². The molecule has 0 radical (unpaired) electrons. The van der Waals surface area contributed by atoms with Crippen LogP contribution < -0.4 is 11.1 Å². The molecule has 1 aromatic heterocycles. The van der Waals surface area contributed by atoms with Crippen molar-refractivity contribution in [2.75, 3.05) is 31.6 Å². The molecule has 0 aliphatic carbocycles. The van der Waals surface area contributed by atoms with Crippen molar-refractivity contribution < 1.29 is 4.74 Å². The second-order valence-corrected chi connectivity index (χ2v) is 3.70. The Morgan fingerprint density at radius 1 is 1.18 bits per heavy atom. The predicted molar refractivity (Wildman–Crippen MR) is 70.1 cm³/mol. The highest BCUT2D eigenvalue weighted by atomic mass is 16.5. The van der Waals surface area contributed by atoms with Gasteiger partial charge in [0, 0.05) is 30.4 Å². The third-order valence-corrected chi connectivity index (χ3v) is 2.47. The molecule has 0 spiro atoms. The number of ether oxygens (including phenoxy) is 1. The van der Waals surface area contributed by atoms with Crippen molar-refractivity contribution in [1.29, 1.82) is 0 Å². The number of benzene rings is 1. The van der Waals surface area contributed by atoms with Gasteiger partial charge in [0.15, 0.2) is 0 Å². The Labute approximate surface area is 101 Å². The number of nitrogens with two attached hydrogens (primary N) is 1. The number of rotatable bonds is 6. The zero-order valence-corrected chi connectivity index (χ0v) is 9.73. The number of anilines is 1. The summed E-state index contributed by atoms with van der Waals surface area (Å²) < 4.78 is 5.31. The van der Waals surface area contributed by atoms with Gasteiger partial charge in [-0.2, -0.15) is 0 Å². The van der Waals surface area contributed by atoms with Crippen molar-refractivity contribution in [3.05, 3.63) is 36.5 Å². The van der Waals surface area contributed by atoms with Crippen LogP contribution in [0, 0.1) is 0 Å². The fourth-order valence-electron chi connectivity index (χ4n) is 1.69. The smallest absolute Gasteiger partial charge is 0.0722 e. The first-order chi connectivity index (χ1) is 8.42. The maximum atomic E-state index is 5.34. The normalized spacial score (nSPS) is 10.6. The van der Waals surface area contributed by atoms with Gasteiger partial charge in [-0.05, 0) is 12.1 Å². The number of nitrogens with zero attached hydrogens (tertiary/aromatic N) is 1. The van der Waals surface area contributed by atoms with E-state index in [4.69, 9.17) is 10.5 Å². The van der Waals surface area contributed by atoms with E-state index in [2.05, 4.69) is 16.4 Å². The van der Waals surface area contributed by atoms with Crippen LogP contribution in [0.4, 0.5) is 5.69 Å². The second-order valence-electron chi connectivity index (χ2n) is 3.70. The molecule has 0 saturated heterocycles. The lowest BCUT2D eigenvalue weighted by molar-refractivity contribution is 0.151. The molecule has 1 aromatic carbocycles. The molecule has 0 aliphatic rings. The fourth-order valence-corrected chi connectivity index (χ4v) is 1.69. The fraction of sp³-hybridized carbons (Fsp3) is 0.308. The number of para-hydroxylation sites is 1. The van der Waals surface area contributed by atoms with E-state index in [1.807, 2.05) is 30.5 Å². The van der Waals surface area contributed by atoms with E-state index in [-0.39, 0.29) is 0 Å². The maximum absolute atomic E-state index is 5.34. The molecule has 0 bridgehead atoms. The minimum absolute atomic E-state index is 0.568. The first-order valence-electron chi connectivity index (χ1n) is 5.77. The number of hydrogen-bond donors (Lipinski definition) is 2. The molecular formula is C13H17N3O. The quantitative estimate of drug-likeness (QED) is 0.742.